The molecule has 0 radical (unpaired) electrons. The number of ether oxygens (including phenoxy) is 1. The molecule has 0 aliphatic carbocycles. The number of carbonyl (C=O) groups excluding carboxylic acids is 1. The van der Waals surface area contributed by atoms with Crippen LogP contribution in [0.2, 0.25) is 0 Å². The van der Waals surface area contributed by atoms with E-state index in [0.29, 0.717) is 11.3 Å². The number of carbonyl (C=O) groups is 1. The molecule has 0 bridgehead atoms. The topological polar surface area (TPSA) is 51.2 Å². The van der Waals surface area contributed by atoms with Crippen LogP contribution in [0.1, 0.15) is 29.0 Å². The van der Waals surface area contributed by atoms with Crippen LogP contribution < -0.4 is 10.1 Å². The summed E-state index contributed by atoms with van der Waals surface area (Å²) < 4.78 is 18.4. The van der Waals surface area contributed by atoms with E-state index < -0.39 is 5.82 Å². The van der Waals surface area contributed by atoms with Gasteiger partial charge in [0.15, 0.2) is 11.6 Å². The zero-order valence-electron chi connectivity index (χ0n) is 10.5. The Labute approximate surface area is 114 Å². The number of thiazole rings is 1. The molecule has 2 aromatic rings. The second kappa shape index (κ2) is 5.79. The highest BCUT2D eigenvalue weighted by atomic mass is 32.1. The fourth-order valence-corrected chi connectivity index (χ4v) is 2.16. The van der Waals surface area contributed by atoms with E-state index in [1.54, 1.807) is 23.9 Å². The van der Waals surface area contributed by atoms with E-state index in [-0.39, 0.29) is 17.7 Å². The Kier molecular flexibility index (Phi) is 4.11. The Morgan fingerprint density at radius 1 is 1.53 bits per heavy atom. The molecule has 1 atom stereocenters. The van der Waals surface area contributed by atoms with Gasteiger partial charge in [-0.25, -0.2) is 9.37 Å². The molecule has 19 heavy (non-hydrogen) atoms. The molecule has 0 saturated heterocycles. The van der Waals surface area contributed by atoms with Crippen molar-refractivity contribution >= 4 is 17.2 Å². The fraction of sp³-hybridized carbons (Fsp3) is 0.231. The second-order valence-electron chi connectivity index (χ2n) is 3.96. The molecule has 1 N–H and O–H groups in total. The summed E-state index contributed by atoms with van der Waals surface area (Å²) in [6.07, 6.45) is 0. The average molecular weight is 280 g/mol. The molecule has 100 valence electrons. The van der Waals surface area contributed by atoms with Crippen molar-refractivity contribution in [3.8, 4) is 5.75 Å². The SMILES string of the molecule is COc1ccc(C(C)NC(=O)c2cscn2)cc1F. The largest absolute Gasteiger partial charge is 0.494 e. The lowest BCUT2D eigenvalue weighted by atomic mass is 10.1. The van der Waals surface area contributed by atoms with E-state index in [0.717, 1.165) is 0 Å². The number of hydrogen-bond donors (Lipinski definition) is 1. The highest BCUT2D eigenvalue weighted by Crippen LogP contribution is 2.21. The summed E-state index contributed by atoms with van der Waals surface area (Å²) in [6, 6.07) is 4.30. The van der Waals surface area contributed by atoms with Crippen molar-refractivity contribution in [2.24, 2.45) is 0 Å². The summed E-state index contributed by atoms with van der Waals surface area (Å²) in [6.45, 7) is 1.78. The maximum absolute atomic E-state index is 13.6. The molecule has 0 aliphatic rings. The van der Waals surface area contributed by atoms with Gasteiger partial charge in [0.05, 0.1) is 18.7 Å². The van der Waals surface area contributed by atoms with E-state index in [9.17, 15) is 9.18 Å². The molecule has 0 saturated carbocycles. The Hall–Kier alpha value is -1.95. The molecular formula is C13H13FN2O2S. The van der Waals surface area contributed by atoms with Gasteiger partial charge in [-0.15, -0.1) is 11.3 Å². The van der Waals surface area contributed by atoms with Crippen LogP contribution in [-0.2, 0) is 0 Å². The third-order valence-electron chi connectivity index (χ3n) is 2.69. The van der Waals surface area contributed by atoms with Gasteiger partial charge in [-0.2, -0.15) is 0 Å². The van der Waals surface area contributed by atoms with Crippen LogP contribution in [0.25, 0.3) is 0 Å². The van der Waals surface area contributed by atoms with E-state index in [2.05, 4.69) is 10.3 Å². The van der Waals surface area contributed by atoms with Crippen LogP contribution in [-0.4, -0.2) is 18.0 Å². The molecule has 4 nitrogen and oxygen atoms in total. The number of nitrogens with zero attached hydrogens (tertiary/aromatic N) is 1. The summed E-state index contributed by atoms with van der Waals surface area (Å²) in [4.78, 5) is 15.7. The molecule has 0 aliphatic heterocycles. The minimum atomic E-state index is -0.449. The molecular weight excluding hydrogens is 267 g/mol. The van der Waals surface area contributed by atoms with Crippen molar-refractivity contribution in [1.29, 1.82) is 0 Å². The van der Waals surface area contributed by atoms with Crippen molar-refractivity contribution < 1.29 is 13.9 Å². The first-order valence-electron chi connectivity index (χ1n) is 5.64. The van der Waals surface area contributed by atoms with Crippen molar-refractivity contribution in [2.45, 2.75) is 13.0 Å². The Morgan fingerprint density at radius 3 is 2.89 bits per heavy atom. The van der Waals surface area contributed by atoms with Crippen LogP contribution in [0.3, 0.4) is 0 Å². The smallest absolute Gasteiger partial charge is 0.271 e. The summed E-state index contributed by atoms with van der Waals surface area (Å²) in [5, 5.41) is 4.42. The Morgan fingerprint density at radius 2 is 2.32 bits per heavy atom. The third kappa shape index (κ3) is 3.08. The molecule has 1 aromatic heterocycles. The van der Waals surface area contributed by atoms with Crippen molar-refractivity contribution in [1.82, 2.24) is 10.3 Å². The van der Waals surface area contributed by atoms with E-state index >= 15 is 0 Å². The van der Waals surface area contributed by atoms with Gasteiger partial charge in [0.2, 0.25) is 0 Å². The highest BCUT2D eigenvalue weighted by molar-refractivity contribution is 7.07. The molecule has 1 aromatic carbocycles. The number of halogens is 1. The van der Waals surface area contributed by atoms with Gasteiger partial charge >= 0.3 is 0 Å². The lowest BCUT2D eigenvalue weighted by Crippen LogP contribution is -2.26. The van der Waals surface area contributed by atoms with Gasteiger partial charge in [-0.3, -0.25) is 4.79 Å². The number of hydrogen-bond acceptors (Lipinski definition) is 4. The summed E-state index contributed by atoms with van der Waals surface area (Å²) in [7, 11) is 1.41. The van der Waals surface area contributed by atoms with E-state index in [1.165, 1.54) is 30.6 Å². The first kappa shape index (κ1) is 13.5. The number of amides is 1. The van der Waals surface area contributed by atoms with Gasteiger partial charge in [0, 0.05) is 5.38 Å². The molecule has 6 heteroatoms. The van der Waals surface area contributed by atoms with Gasteiger partial charge in [-0.05, 0) is 24.6 Å². The normalized spacial score (nSPS) is 11.9. The lowest BCUT2D eigenvalue weighted by Gasteiger charge is -2.14. The number of methoxy groups -OCH3 is 1. The standard InChI is InChI=1S/C13H13FN2O2S/c1-8(16-13(17)11-6-19-7-15-11)9-3-4-12(18-2)10(14)5-9/h3-8H,1-2H3,(H,16,17). The van der Waals surface area contributed by atoms with Crippen LogP contribution in [0.4, 0.5) is 4.39 Å². The summed E-state index contributed by atoms with van der Waals surface area (Å²) >= 11 is 1.35. The zero-order chi connectivity index (χ0) is 13.8. The van der Waals surface area contributed by atoms with Crippen LogP contribution >= 0.6 is 11.3 Å². The number of aromatic nitrogens is 1. The van der Waals surface area contributed by atoms with Crippen molar-refractivity contribution in [3.63, 3.8) is 0 Å². The minimum Gasteiger partial charge on any atom is -0.494 e. The number of benzene rings is 1. The van der Waals surface area contributed by atoms with E-state index in [1.807, 2.05) is 0 Å². The number of nitrogens with one attached hydrogen (secondary N) is 1. The van der Waals surface area contributed by atoms with Gasteiger partial charge in [0.1, 0.15) is 5.69 Å². The molecule has 2 rings (SSSR count). The lowest BCUT2D eigenvalue weighted by molar-refractivity contribution is 0.0935. The third-order valence-corrected chi connectivity index (χ3v) is 3.27. The maximum Gasteiger partial charge on any atom is 0.271 e. The molecule has 1 unspecified atom stereocenters. The van der Waals surface area contributed by atoms with Crippen LogP contribution in [0, 0.1) is 5.82 Å². The first-order chi connectivity index (χ1) is 9.11. The molecule has 0 spiro atoms. The average Bonchev–Trinajstić information content (AvgIpc) is 2.92. The van der Waals surface area contributed by atoms with Gasteiger partial charge in [0.25, 0.3) is 5.91 Å². The predicted molar refractivity (Wildman–Crippen MR) is 70.9 cm³/mol. The number of rotatable bonds is 4. The van der Waals surface area contributed by atoms with E-state index in [4.69, 9.17) is 4.74 Å². The van der Waals surface area contributed by atoms with Gasteiger partial charge in [-0.1, -0.05) is 6.07 Å². The molecule has 1 amide bonds. The zero-order valence-corrected chi connectivity index (χ0v) is 11.3. The Bertz CT molecular complexity index is 572. The minimum absolute atomic E-state index is 0.182. The second-order valence-corrected chi connectivity index (χ2v) is 4.68. The predicted octanol–water partition coefficient (Wildman–Crippen LogP) is 2.78. The molecule has 1 heterocycles. The van der Waals surface area contributed by atoms with Crippen molar-refractivity contribution in [3.05, 3.63) is 46.2 Å². The molecule has 0 fully saturated rings. The highest BCUT2D eigenvalue weighted by Gasteiger charge is 2.14. The first-order valence-corrected chi connectivity index (χ1v) is 6.58. The van der Waals surface area contributed by atoms with Gasteiger partial charge < -0.3 is 10.1 Å². The van der Waals surface area contributed by atoms with Crippen molar-refractivity contribution in [2.75, 3.05) is 7.11 Å². The Balaban J connectivity index is 2.09. The maximum atomic E-state index is 13.6. The summed E-state index contributed by atoms with van der Waals surface area (Å²) in [5.74, 6) is -0.540. The van der Waals surface area contributed by atoms with Crippen LogP contribution in [0.5, 0.6) is 5.75 Å². The quantitative estimate of drug-likeness (QED) is 0.937. The monoisotopic (exact) mass is 280 g/mol. The van der Waals surface area contributed by atoms with Crippen LogP contribution in [0.15, 0.2) is 29.1 Å². The summed E-state index contributed by atoms with van der Waals surface area (Å²) in [5.41, 5.74) is 2.62. The fourth-order valence-electron chi connectivity index (χ4n) is 1.63.